The normalized spacial score (nSPS) is 13.1. The van der Waals surface area contributed by atoms with Crippen LogP contribution in [0.15, 0.2) is 30.3 Å². The third-order valence-electron chi connectivity index (χ3n) is 3.13. The number of hydrazine groups is 1. The molecule has 1 aromatic carbocycles. The second-order valence-electron chi connectivity index (χ2n) is 4.05. The maximum atomic E-state index is 5.61. The van der Waals surface area contributed by atoms with Crippen molar-refractivity contribution in [3.63, 3.8) is 0 Å². The van der Waals surface area contributed by atoms with Crippen molar-refractivity contribution in [2.45, 2.75) is 39.2 Å². The molecule has 0 amide bonds. The van der Waals surface area contributed by atoms with Gasteiger partial charge in [-0.05, 0) is 17.9 Å². The number of benzene rings is 1. The first-order valence-electron chi connectivity index (χ1n) is 5.82. The molecule has 1 unspecified atom stereocenters. The van der Waals surface area contributed by atoms with Crippen molar-refractivity contribution >= 4 is 0 Å². The van der Waals surface area contributed by atoms with E-state index in [0.717, 1.165) is 12.3 Å². The molecule has 84 valence electrons. The number of hydrogen-bond acceptors (Lipinski definition) is 2. The highest BCUT2D eigenvalue weighted by atomic mass is 15.2. The lowest BCUT2D eigenvalue weighted by molar-refractivity contribution is 0.375. The summed E-state index contributed by atoms with van der Waals surface area (Å²) in [5.41, 5.74) is 4.20. The number of rotatable bonds is 6. The molecule has 15 heavy (non-hydrogen) atoms. The largest absolute Gasteiger partial charge is 0.271 e. The summed E-state index contributed by atoms with van der Waals surface area (Å²) in [5, 5.41) is 0. The number of nitrogens with two attached hydrogens (primary N) is 1. The van der Waals surface area contributed by atoms with Crippen molar-refractivity contribution < 1.29 is 0 Å². The highest BCUT2D eigenvalue weighted by Gasteiger charge is 2.14. The molecule has 0 aliphatic heterocycles. The van der Waals surface area contributed by atoms with Gasteiger partial charge in [-0.1, -0.05) is 57.0 Å². The Balaban J connectivity index is 2.64. The summed E-state index contributed by atoms with van der Waals surface area (Å²) >= 11 is 0. The van der Waals surface area contributed by atoms with Crippen LogP contribution in [-0.2, 0) is 0 Å². The third kappa shape index (κ3) is 3.65. The van der Waals surface area contributed by atoms with E-state index in [-0.39, 0.29) is 6.04 Å². The Bertz CT molecular complexity index is 254. The maximum absolute atomic E-state index is 5.61. The van der Waals surface area contributed by atoms with Crippen molar-refractivity contribution in [2.75, 3.05) is 0 Å². The molecular formula is C13H22N2. The van der Waals surface area contributed by atoms with Crippen LogP contribution in [0.2, 0.25) is 0 Å². The number of hydrogen-bond donors (Lipinski definition) is 2. The molecule has 1 atom stereocenters. The average molecular weight is 206 g/mol. The Morgan fingerprint density at radius 3 is 2.20 bits per heavy atom. The van der Waals surface area contributed by atoms with Crippen molar-refractivity contribution in [3.05, 3.63) is 35.9 Å². The summed E-state index contributed by atoms with van der Waals surface area (Å²) in [4.78, 5) is 0. The molecule has 2 heteroatoms. The van der Waals surface area contributed by atoms with Crippen molar-refractivity contribution in [1.29, 1.82) is 0 Å². The zero-order valence-corrected chi connectivity index (χ0v) is 9.74. The van der Waals surface area contributed by atoms with E-state index in [1.807, 2.05) is 6.07 Å². The van der Waals surface area contributed by atoms with Gasteiger partial charge in [0.15, 0.2) is 0 Å². The fraction of sp³-hybridized carbons (Fsp3) is 0.538. The molecule has 0 aromatic heterocycles. The van der Waals surface area contributed by atoms with Gasteiger partial charge in [-0.15, -0.1) is 0 Å². The van der Waals surface area contributed by atoms with Gasteiger partial charge in [0.05, 0.1) is 0 Å². The molecule has 1 rings (SSSR count). The fourth-order valence-electron chi connectivity index (χ4n) is 1.94. The molecule has 0 aliphatic rings. The minimum atomic E-state index is 0.288. The van der Waals surface area contributed by atoms with Gasteiger partial charge in [0.2, 0.25) is 0 Å². The fourth-order valence-corrected chi connectivity index (χ4v) is 1.94. The molecule has 0 saturated heterocycles. The lowest BCUT2D eigenvalue weighted by Gasteiger charge is -2.21. The van der Waals surface area contributed by atoms with Crippen LogP contribution < -0.4 is 11.3 Å². The highest BCUT2D eigenvalue weighted by molar-refractivity contribution is 5.18. The Hall–Kier alpha value is -0.860. The zero-order valence-electron chi connectivity index (χ0n) is 9.74. The smallest absolute Gasteiger partial charge is 0.0462 e. The zero-order chi connectivity index (χ0) is 11.1. The van der Waals surface area contributed by atoms with E-state index in [1.54, 1.807) is 0 Å². The monoisotopic (exact) mass is 206 g/mol. The Labute approximate surface area is 92.8 Å². The summed E-state index contributed by atoms with van der Waals surface area (Å²) in [6, 6.07) is 10.7. The SMILES string of the molecule is CCC(CC)CC(NN)c1ccccc1. The van der Waals surface area contributed by atoms with Gasteiger partial charge in [0.25, 0.3) is 0 Å². The average Bonchev–Trinajstić information content (AvgIpc) is 2.32. The first-order chi connectivity index (χ1) is 7.31. The molecule has 1 aromatic rings. The molecular weight excluding hydrogens is 184 g/mol. The van der Waals surface area contributed by atoms with Crippen LogP contribution in [0.25, 0.3) is 0 Å². The second kappa shape index (κ2) is 6.59. The quantitative estimate of drug-likeness (QED) is 0.554. The van der Waals surface area contributed by atoms with E-state index in [1.165, 1.54) is 18.4 Å². The van der Waals surface area contributed by atoms with Gasteiger partial charge in [0, 0.05) is 6.04 Å². The number of nitrogens with one attached hydrogen (secondary N) is 1. The third-order valence-corrected chi connectivity index (χ3v) is 3.13. The summed E-state index contributed by atoms with van der Waals surface area (Å²) in [5.74, 6) is 6.37. The van der Waals surface area contributed by atoms with E-state index in [4.69, 9.17) is 5.84 Å². The molecule has 0 fully saturated rings. The minimum absolute atomic E-state index is 0.288. The predicted octanol–water partition coefficient (Wildman–Crippen LogP) is 3.02. The lowest BCUT2D eigenvalue weighted by atomic mass is 9.91. The standard InChI is InChI=1S/C13H22N2/c1-3-11(4-2)10-13(15-14)12-8-6-5-7-9-12/h5-9,11,13,15H,3-4,10,14H2,1-2H3. The molecule has 0 heterocycles. The summed E-state index contributed by atoms with van der Waals surface area (Å²) in [6.45, 7) is 4.49. The molecule has 0 spiro atoms. The maximum Gasteiger partial charge on any atom is 0.0462 e. The first kappa shape index (κ1) is 12.2. The van der Waals surface area contributed by atoms with Crippen molar-refractivity contribution in [1.82, 2.24) is 5.43 Å². The van der Waals surface area contributed by atoms with Crippen LogP contribution in [-0.4, -0.2) is 0 Å². The Morgan fingerprint density at radius 2 is 1.73 bits per heavy atom. The second-order valence-corrected chi connectivity index (χ2v) is 4.05. The van der Waals surface area contributed by atoms with E-state index in [9.17, 15) is 0 Å². The van der Waals surface area contributed by atoms with Gasteiger partial charge in [0.1, 0.15) is 0 Å². The van der Waals surface area contributed by atoms with Crippen LogP contribution >= 0.6 is 0 Å². The lowest BCUT2D eigenvalue weighted by Crippen LogP contribution is -2.29. The molecule has 2 nitrogen and oxygen atoms in total. The molecule has 0 bridgehead atoms. The van der Waals surface area contributed by atoms with Crippen LogP contribution in [0, 0.1) is 5.92 Å². The van der Waals surface area contributed by atoms with E-state index < -0.39 is 0 Å². The molecule has 3 N–H and O–H groups in total. The predicted molar refractivity (Wildman–Crippen MR) is 65.2 cm³/mol. The molecule has 0 saturated carbocycles. The van der Waals surface area contributed by atoms with E-state index >= 15 is 0 Å². The summed E-state index contributed by atoms with van der Waals surface area (Å²) < 4.78 is 0. The Morgan fingerprint density at radius 1 is 1.13 bits per heavy atom. The van der Waals surface area contributed by atoms with Gasteiger partial charge >= 0.3 is 0 Å². The van der Waals surface area contributed by atoms with Gasteiger partial charge in [-0.2, -0.15) is 0 Å². The summed E-state index contributed by atoms with van der Waals surface area (Å²) in [7, 11) is 0. The highest BCUT2D eigenvalue weighted by Crippen LogP contribution is 2.24. The van der Waals surface area contributed by atoms with Crippen LogP contribution in [0.5, 0.6) is 0 Å². The van der Waals surface area contributed by atoms with Crippen molar-refractivity contribution in [3.8, 4) is 0 Å². The van der Waals surface area contributed by atoms with Gasteiger partial charge in [-0.3, -0.25) is 11.3 Å². The molecule has 0 aliphatic carbocycles. The van der Waals surface area contributed by atoms with Gasteiger partial charge < -0.3 is 0 Å². The summed E-state index contributed by atoms with van der Waals surface area (Å²) in [6.07, 6.45) is 3.57. The Kier molecular flexibility index (Phi) is 5.37. The topological polar surface area (TPSA) is 38.0 Å². The van der Waals surface area contributed by atoms with Crippen molar-refractivity contribution in [2.24, 2.45) is 11.8 Å². The minimum Gasteiger partial charge on any atom is -0.271 e. The van der Waals surface area contributed by atoms with Gasteiger partial charge in [-0.25, -0.2) is 0 Å². The van der Waals surface area contributed by atoms with E-state index in [0.29, 0.717) is 0 Å². The molecule has 0 radical (unpaired) electrons. The van der Waals surface area contributed by atoms with E-state index in [2.05, 4.69) is 43.5 Å². The van der Waals surface area contributed by atoms with Crippen LogP contribution in [0.1, 0.15) is 44.7 Å². The first-order valence-corrected chi connectivity index (χ1v) is 5.82. The van der Waals surface area contributed by atoms with Crippen LogP contribution in [0.3, 0.4) is 0 Å². The van der Waals surface area contributed by atoms with Crippen LogP contribution in [0.4, 0.5) is 0 Å².